The molecule has 1 nitrogen and oxygen atoms in total. The van der Waals surface area contributed by atoms with Crippen molar-refractivity contribution in [3.8, 4) is 0 Å². The van der Waals surface area contributed by atoms with Gasteiger partial charge in [0, 0.05) is 8.80 Å². The maximum atomic E-state index is 2.72. The smallest absolute Gasteiger partial charge is 0.130 e. The van der Waals surface area contributed by atoms with E-state index in [-0.39, 0.29) is 17.8 Å². The lowest BCUT2D eigenvalue weighted by Crippen LogP contribution is -2.47. The SMILES string of the molecule is CC(C)N(C(C)C)[Si](C)C[Si](C)C. The van der Waals surface area contributed by atoms with Gasteiger partial charge >= 0.3 is 0 Å². The zero-order valence-corrected chi connectivity index (χ0v) is 12.3. The van der Waals surface area contributed by atoms with Gasteiger partial charge in [-0.25, -0.2) is 0 Å². The maximum Gasteiger partial charge on any atom is 0.130 e. The number of hydrogen-bond acceptors (Lipinski definition) is 1. The topological polar surface area (TPSA) is 3.24 Å². The lowest BCUT2D eigenvalue weighted by atomic mass is 10.3. The highest BCUT2D eigenvalue weighted by molar-refractivity contribution is 6.74. The highest BCUT2D eigenvalue weighted by atomic mass is 28.3. The summed E-state index contributed by atoms with van der Waals surface area (Å²) < 4.78 is 2.72. The van der Waals surface area contributed by atoms with Crippen molar-refractivity contribution < 1.29 is 0 Å². The van der Waals surface area contributed by atoms with Gasteiger partial charge in [-0.15, -0.1) is 0 Å². The Bertz CT molecular complexity index is 127. The molecule has 0 rings (SSSR count). The van der Waals surface area contributed by atoms with Gasteiger partial charge in [-0.2, -0.15) is 0 Å². The summed E-state index contributed by atoms with van der Waals surface area (Å²) in [5.41, 5.74) is 1.51. The normalized spacial score (nSPS) is 12.9. The van der Waals surface area contributed by atoms with Gasteiger partial charge in [0.15, 0.2) is 0 Å². The summed E-state index contributed by atoms with van der Waals surface area (Å²) in [4.78, 5) is 0. The third-order valence-corrected chi connectivity index (χ3v) is 8.95. The van der Waals surface area contributed by atoms with Crippen LogP contribution in [0.4, 0.5) is 0 Å². The summed E-state index contributed by atoms with van der Waals surface area (Å²) in [6, 6.07) is 1.44. The molecule has 3 heteroatoms. The number of nitrogens with zero attached hydrogens (tertiary/aromatic N) is 1. The van der Waals surface area contributed by atoms with Gasteiger partial charge in [0.25, 0.3) is 0 Å². The van der Waals surface area contributed by atoms with Crippen LogP contribution in [0, 0.1) is 0 Å². The van der Waals surface area contributed by atoms with Crippen LogP contribution in [0.2, 0.25) is 25.3 Å². The molecule has 0 bridgehead atoms. The Balaban J connectivity index is 4.20. The van der Waals surface area contributed by atoms with Crippen molar-refractivity contribution in [2.75, 3.05) is 0 Å². The van der Waals surface area contributed by atoms with Crippen LogP contribution in [0.15, 0.2) is 0 Å². The Hall–Kier alpha value is 0.394. The van der Waals surface area contributed by atoms with E-state index in [2.05, 4.69) is 51.9 Å². The van der Waals surface area contributed by atoms with Crippen molar-refractivity contribution in [3.63, 3.8) is 0 Å². The summed E-state index contributed by atoms with van der Waals surface area (Å²) >= 11 is 0. The van der Waals surface area contributed by atoms with E-state index in [1.54, 1.807) is 0 Å². The summed E-state index contributed by atoms with van der Waals surface area (Å²) in [5, 5.41) is 0. The van der Waals surface area contributed by atoms with E-state index in [1.807, 2.05) is 0 Å². The molecular weight excluding hydrogens is 190 g/mol. The van der Waals surface area contributed by atoms with Crippen LogP contribution in [-0.4, -0.2) is 34.4 Å². The Labute approximate surface area is 87.8 Å². The van der Waals surface area contributed by atoms with Gasteiger partial charge in [0.2, 0.25) is 0 Å². The second-order valence-electron chi connectivity index (χ2n) is 4.71. The van der Waals surface area contributed by atoms with Crippen molar-refractivity contribution in [1.82, 2.24) is 4.57 Å². The second-order valence-corrected chi connectivity index (χ2v) is 10.5. The highest BCUT2D eigenvalue weighted by Crippen LogP contribution is 2.12. The van der Waals surface area contributed by atoms with Crippen LogP contribution in [0.25, 0.3) is 0 Å². The molecule has 0 aliphatic carbocycles. The van der Waals surface area contributed by atoms with E-state index in [4.69, 9.17) is 0 Å². The molecule has 0 heterocycles. The molecule has 0 atom stereocenters. The zero-order chi connectivity index (χ0) is 10.6. The largest absolute Gasteiger partial charge is 0.320 e. The van der Waals surface area contributed by atoms with Crippen LogP contribution in [-0.2, 0) is 0 Å². The van der Waals surface area contributed by atoms with Crippen molar-refractivity contribution in [2.24, 2.45) is 0 Å². The second kappa shape index (κ2) is 5.99. The third kappa shape index (κ3) is 4.98. The fourth-order valence-corrected chi connectivity index (χ4v) is 8.67. The molecule has 0 unspecified atom stereocenters. The fraction of sp³-hybridized carbons (Fsp3) is 1.00. The molecule has 0 saturated heterocycles. The third-order valence-electron chi connectivity index (χ3n) is 2.16. The van der Waals surface area contributed by atoms with Crippen LogP contribution in [0.5, 0.6) is 0 Å². The first-order chi connectivity index (χ1) is 5.86. The van der Waals surface area contributed by atoms with E-state index >= 15 is 0 Å². The number of hydrogen-bond donors (Lipinski definition) is 0. The lowest BCUT2D eigenvalue weighted by molar-refractivity contribution is 0.305. The Morgan fingerprint density at radius 3 is 1.54 bits per heavy atom. The monoisotopic (exact) mass is 215 g/mol. The molecule has 0 aromatic rings. The van der Waals surface area contributed by atoms with Crippen molar-refractivity contribution in [2.45, 2.75) is 65.1 Å². The van der Waals surface area contributed by atoms with Crippen molar-refractivity contribution in [1.29, 1.82) is 0 Å². The van der Waals surface area contributed by atoms with E-state index in [1.165, 1.54) is 5.67 Å². The molecule has 0 aromatic carbocycles. The zero-order valence-electron chi connectivity index (χ0n) is 10.3. The minimum absolute atomic E-state index is 0.0408. The van der Waals surface area contributed by atoms with Crippen LogP contribution in [0.1, 0.15) is 27.7 Å². The lowest BCUT2D eigenvalue weighted by Gasteiger charge is -2.36. The van der Waals surface area contributed by atoms with Crippen LogP contribution >= 0.6 is 0 Å². The molecule has 2 radical (unpaired) electrons. The molecule has 0 aliphatic rings. The summed E-state index contributed by atoms with van der Waals surface area (Å²) in [5.74, 6) is 0. The Morgan fingerprint density at radius 1 is 0.923 bits per heavy atom. The van der Waals surface area contributed by atoms with Crippen LogP contribution in [0.3, 0.4) is 0 Å². The summed E-state index contributed by atoms with van der Waals surface area (Å²) in [7, 11) is -0.289. The van der Waals surface area contributed by atoms with E-state index in [0.29, 0.717) is 0 Å². The average Bonchev–Trinajstić information content (AvgIpc) is 1.81. The average molecular weight is 215 g/mol. The Morgan fingerprint density at radius 2 is 1.31 bits per heavy atom. The van der Waals surface area contributed by atoms with E-state index in [0.717, 1.165) is 12.1 Å². The minimum Gasteiger partial charge on any atom is -0.320 e. The molecule has 13 heavy (non-hydrogen) atoms. The highest BCUT2D eigenvalue weighted by Gasteiger charge is 2.22. The van der Waals surface area contributed by atoms with Crippen molar-refractivity contribution >= 4 is 17.8 Å². The standard InChI is InChI=1S/C10H25NSi2/c1-9(2)11(10(3)4)13(7)8-12(5)6/h9-10H,8H2,1-7H3. The predicted molar refractivity (Wildman–Crippen MR) is 66.0 cm³/mol. The quantitative estimate of drug-likeness (QED) is 0.637. The molecule has 0 fully saturated rings. The number of rotatable bonds is 5. The molecule has 0 aromatic heterocycles. The summed E-state index contributed by atoms with van der Waals surface area (Å²) in [6.07, 6.45) is 0. The van der Waals surface area contributed by atoms with Gasteiger partial charge < -0.3 is 4.57 Å². The van der Waals surface area contributed by atoms with E-state index in [9.17, 15) is 0 Å². The molecule has 0 saturated carbocycles. The van der Waals surface area contributed by atoms with Gasteiger partial charge in [0.05, 0.1) is 0 Å². The van der Waals surface area contributed by atoms with Crippen LogP contribution < -0.4 is 0 Å². The molecular formula is C10H25NSi2. The molecule has 0 spiro atoms. The first-order valence-electron chi connectivity index (χ1n) is 5.26. The van der Waals surface area contributed by atoms with Gasteiger partial charge in [-0.05, 0) is 12.1 Å². The first-order valence-corrected chi connectivity index (χ1v) is 10.1. The molecule has 78 valence electrons. The molecule has 0 aliphatic heterocycles. The predicted octanol–water partition coefficient (Wildman–Crippen LogP) is 3.02. The first kappa shape index (κ1) is 13.4. The van der Waals surface area contributed by atoms with Gasteiger partial charge in [-0.1, -0.05) is 53.0 Å². The maximum absolute atomic E-state index is 2.72. The minimum atomic E-state index is -0.248. The molecule has 0 amide bonds. The van der Waals surface area contributed by atoms with E-state index < -0.39 is 0 Å². The fourth-order valence-electron chi connectivity index (χ4n) is 2.08. The summed E-state index contributed by atoms with van der Waals surface area (Å²) in [6.45, 7) is 16.6. The Kier molecular flexibility index (Phi) is 6.17. The van der Waals surface area contributed by atoms with Gasteiger partial charge in [0.1, 0.15) is 8.96 Å². The van der Waals surface area contributed by atoms with Crippen molar-refractivity contribution in [3.05, 3.63) is 0 Å². The van der Waals surface area contributed by atoms with Gasteiger partial charge in [-0.3, -0.25) is 0 Å². The molecule has 0 N–H and O–H groups in total.